The molecule has 3 rings (SSSR count). The fourth-order valence-electron chi connectivity index (χ4n) is 3.04. The molecule has 1 fully saturated rings. The van der Waals surface area contributed by atoms with Gasteiger partial charge in [0.15, 0.2) is 0 Å². The van der Waals surface area contributed by atoms with E-state index in [-0.39, 0.29) is 6.04 Å². The Kier molecular flexibility index (Phi) is 3.70. The quantitative estimate of drug-likeness (QED) is 0.927. The van der Waals surface area contributed by atoms with E-state index in [9.17, 15) is 9.90 Å². The second-order valence-electron chi connectivity index (χ2n) is 5.46. The summed E-state index contributed by atoms with van der Waals surface area (Å²) >= 11 is 0. The van der Waals surface area contributed by atoms with E-state index in [1.807, 2.05) is 12.1 Å². The van der Waals surface area contributed by atoms with Crippen LogP contribution in [0.4, 0.5) is 0 Å². The summed E-state index contributed by atoms with van der Waals surface area (Å²) in [5.74, 6) is -0.680. The first kappa shape index (κ1) is 13.1. The molecular weight excluding hydrogens is 250 g/mol. The average molecular weight is 269 g/mol. The van der Waals surface area contributed by atoms with Crippen LogP contribution in [-0.2, 0) is 11.2 Å². The first-order chi connectivity index (χ1) is 9.74. The first-order valence-corrected chi connectivity index (χ1v) is 7.18. The third-order valence-corrected chi connectivity index (χ3v) is 4.15. The van der Waals surface area contributed by atoms with E-state index in [1.165, 1.54) is 16.3 Å². The van der Waals surface area contributed by atoms with Crippen molar-refractivity contribution in [3.8, 4) is 0 Å². The molecule has 1 aliphatic heterocycles. The lowest BCUT2D eigenvalue weighted by Gasteiger charge is -2.20. The maximum atomic E-state index is 11.2. The van der Waals surface area contributed by atoms with Gasteiger partial charge in [0.05, 0.1) is 0 Å². The Labute approximate surface area is 118 Å². The predicted molar refractivity (Wildman–Crippen MR) is 79.9 cm³/mol. The van der Waals surface area contributed by atoms with Crippen molar-refractivity contribution in [1.29, 1.82) is 0 Å². The topological polar surface area (TPSA) is 40.5 Å². The molecule has 3 nitrogen and oxygen atoms in total. The van der Waals surface area contributed by atoms with Crippen molar-refractivity contribution in [2.45, 2.75) is 25.3 Å². The lowest BCUT2D eigenvalue weighted by Crippen LogP contribution is -2.37. The molecule has 0 aromatic heterocycles. The largest absolute Gasteiger partial charge is 0.480 e. The summed E-state index contributed by atoms with van der Waals surface area (Å²) in [6, 6.07) is 14.5. The number of hydrogen-bond donors (Lipinski definition) is 1. The van der Waals surface area contributed by atoms with Gasteiger partial charge in [0.25, 0.3) is 0 Å². The second-order valence-corrected chi connectivity index (χ2v) is 5.46. The minimum absolute atomic E-state index is 0.282. The van der Waals surface area contributed by atoms with Crippen molar-refractivity contribution in [2.75, 3.05) is 13.1 Å². The lowest BCUT2D eigenvalue weighted by atomic mass is 10.0. The molecule has 0 aliphatic carbocycles. The molecule has 0 spiro atoms. The molecular formula is C17H19NO2. The summed E-state index contributed by atoms with van der Waals surface area (Å²) in [7, 11) is 0. The molecule has 0 unspecified atom stereocenters. The number of aliphatic carboxylic acids is 1. The van der Waals surface area contributed by atoms with Gasteiger partial charge in [-0.3, -0.25) is 9.69 Å². The zero-order valence-corrected chi connectivity index (χ0v) is 11.5. The third-order valence-electron chi connectivity index (χ3n) is 4.15. The van der Waals surface area contributed by atoms with Crippen LogP contribution in [0.15, 0.2) is 42.5 Å². The van der Waals surface area contributed by atoms with Crippen LogP contribution in [0.25, 0.3) is 10.8 Å². The molecule has 0 amide bonds. The van der Waals surface area contributed by atoms with Gasteiger partial charge in [0.1, 0.15) is 6.04 Å². The maximum absolute atomic E-state index is 11.2. The van der Waals surface area contributed by atoms with E-state index < -0.39 is 5.97 Å². The fourth-order valence-corrected chi connectivity index (χ4v) is 3.04. The number of likely N-dealkylation sites (tertiary alicyclic amines) is 1. The highest BCUT2D eigenvalue weighted by molar-refractivity contribution is 5.83. The molecule has 1 heterocycles. The number of carboxylic acid groups (broad SMARTS) is 1. The van der Waals surface area contributed by atoms with Crippen molar-refractivity contribution in [3.63, 3.8) is 0 Å². The van der Waals surface area contributed by atoms with E-state index in [4.69, 9.17) is 0 Å². The molecule has 1 N–H and O–H groups in total. The minimum Gasteiger partial charge on any atom is -0.480 e. The summed E-state index contributed by atoms with van der Waals surface area (Å²) in [5.41, 5.74) is 1.28. The predicted octanol–water partition coefficient (Wildman–Crippen LogP) is 2.93. The van der Waals surface area contributed by atoms with Crippen LogP contribution in [0.1, 0.15) is 18.4 Å². The number of hydrogen-bond acceptors (Lipinski definition) is 2. The number of nitrogens with zero attached hydrogens (tertiary/aromatic N) is 1. The van der Waals surface area contributed by atoms with Gasteiger partial charge in [0, 0.05) is 6.54 Å². The van der Waals surface area contributed by atoms with Crippen molar-refractivity contribution in [2.24, 2.45) is 0 Å². The Balaban J connectivity index is 1.69. The normalized spacial score (nSPS) is 19.5. The molecule has 0 radical (unpaired) electrons. The zero-order chi connectivity index (χ0) is 13.9. The van der Waals surface area contributed by atoms with E-state index in [0.717, 1.165) is 32.4 Å². The molecule has 1 saturated heterocycles. The Morgan fingerprint density at radius 1 is 1.20 bits per heavy atom. The average Bonchev–Trinajstić information content (AvgIpc) is 2.93. The van der Waals surface area contributed by atoms with Crippen LogP contribution in [0.5, 0.6) is 0 Å². The van der Waals surface area contributed by atoms with Crippen LogP contribution < -0.4 is 0 Å². The minimum atomic E-state index is -0.680. The van der Waals surface area contributed by atoms with Gasteiger partial charge < -0.3 is 5.11 Å². The second kappa shape index (κ2) is 5.63. The van der Waals surface area contributed by atoms with Crippen molar-refractivity contribution >= 4 is 16.7 Å². The number of fused-ring (bicyclic) bond motifs is 1. The van der Waals surface area contributed by atoms with E-state index in [0.29, 0.717) is 0 Å². The molecule has 3 heteroatoms. The van der Waals surface area contributed by atoms with Crippen LogP contribution in [0.2, 0.25) is 0 Å². The number of carboxylic acids is 1. The molecule has 1 aliphatic rings. The first-order valence-electron chi connectivity index (χ1n) is 7.18. The fraction of sp³-hybridized carbons (Fsp3) is 0.353. The van der Waals surface area contributed by atoms with Crippen LogP contribution >= 0.6 is 0 Å². The Morgan fingerprint density at radius 3 is 2.80 bits per heavy atom. The molecule has 20 heavy (non-hydrogen) atoms. The summed E-state index contributed by atoms with van der Waals surface area (Å²) in [5, 5.41) is 11.7. The van der Waals surface area contributed by atoms with Gasteiger partial charge in [-0.25, -0.2) is 0 Å². The molecule has 0 bridgehead atoms. The standard InChI is InChI=1S/C17H19NO2/c19-17(20)16-6-3-10-18(16)11-9-13-7-8-14-4-1-2-5-15(14)12-13/h1-2,4-5,7-8,12,16H,3,6,9-11H2,(H,19,20)/t16-/m1/s1. The van der Waals surface area contributed by atoms with Crippen molar-refractivity contribution < 1.29 is 9.90 Å². The van der Waals surface area contributed by atoms with Crippen molar-refractivity contribution in [1.82, 2.24) is 4.90 Å². The Bertz CT molecular complexity index is 623. The molecule has 0 saturated carbocycles. The maximum Gasteiger partial charge on any atom is 0.320 e. The van der Waals surface area contributed by atoms with Gasteiger partial charge in [-0.05, 0) is 42.1 Å². The van der Waals surface area contributed by atoms with Gasteiger partial charge >= 0.3 is 5.97 Å². The highest BCUT2D eigenvalue weighted by Crippen LogP contribution is 2.20. The Hall–Kier alpha value is -1.87. The molecule has 2 aromatic carbocycles. The monoisotopic (exact) mass is 269 g/mol. The van der Waals surface area contributed by atoms with Crippen LogP contribution in [-0.4, -0.2) is 35.1 Å². The van der Waals surface area contributed by atoms with Gasteiger partial charge in [0.2, 0.25) is 0 Å². The van der Waals surface area contributed by atoms with E-state index in [2.05, 4.69) is 35.2 Å². The summed E-state index contributed by atoms with van der Waals surface area (Å²) in [6.45, 7) is 1.74. The number of carbonyl (C=O) groups is 1. The van der Waals surface area contributed by atoms with Crippen LogP contribution in [0.3, 0.4) is 0 Å². The number of rotatable bonds is 4. The highest BCUT2D eigenvalue weighted by atomic mass is 16.4. The highest BCUT2D eigenvalue weighted by Gasteiger charge is 2.29. The van der Waals surface area contributed by atoms with E-state index in [1.54, 1.807) is 0 Å². The molecule has 2 aromatic rings. The van der Waals surface area contributed by atoms with Gasteiger partial charge in [-0.1, -0.05) is 42.5 Å². The van der Waals surface area contributed by atoms with Crippen molar-refractivity contribution in [3.05, 3.63) is 48.0 Å². The molecule has 1 atom stereocenters. The summed E-state index contributed by atoms with van der Waals surface area (Å²) in [4.78, 5) is 13.3. The Morgan fingerprint density at radius 2 is 2.00 bits per heavy atom. The number of benzene rings is 2. The smallest absolute Gasteiger partial charge is 0.320 e. The summed E-state index contributed by atoms with van der Waals surface area (Å²) in [6.07, 6.45) is 2.69. The SMILES string of the molecule is O=C(O)[C@H]1CCCN1CCc1ccc2ccccc2c1. The van der Waals surface area contributed by atoms with Gasteiger partial charge in [-0.15, -0.1) is 0 Å². The lowest BCUT2D eigenvalue weighted by molar-refractivity contribution is -0.142. The van der Waals surface area contributed by atoms with Gasteiger partial charge in [-0.2, -0.15) is 0 Å². The summed E-state index contributed by atoms with van der Waals surface area (Å²) < 4.78 is 0. The van der Waals surface area contributed by atoms with Crippen LogP contribution in [0, 0.1) is 0 Å². The molecule has 104 valence electrons. The zero-order valence-electron chi connectivity index (χ0n) is 11.5. The van der Waals surface area contributed by atoms with E-state index >= 15 is 0 Å². The third kappa shape index (κ3) is 2.68.